The van der Waals surface area contributed by atoms with E-state index < -0.39 is 0 Å². The van der Waals surface area contributed by atoms with Gasteiger partial charge in [0.15, 0.2) is 0 Å². The fourth-order valence-electron chi connectivity index (χ4n) is 3.81. The lowest BCUT2D eigenvalue weighted by Gasteiger charge is -2.45. The fraction of sp³-hybridized carbons (Fsp3) is 0.368. The Morgan fingerprint density at radius 1 is 1.14 bits per heavy atom. The number of ether oxygens (including phenoxy) is 1. The van der Waals surface area contributed by atoms with Gasteiger partial charge in [-0.15, -0.1) is 0 Å². The van der Waals surface area contributed by atoms with Crippen molar-refractivity contribution in [2.24, 2.45) is 0 Å². The van der Waals surface area contributed by atoms with Crippen LogP contribution in [0.2, 0.25) is 0 Å². The van der Waals surface area contributed by atoms with Crippen molar-refractivity contribution in [1.82, 2.24) is 0 Å². The first-order valence-electron chi connectivity index (χ1n) is 7.68. The van der Waals surface area contributed by atoms with Crippen LogP contribution in [-0.2, 0) is 5.41 Å². The third kappa shape index (κ3) is 1.93. The van der Waals surface area contributed by atoms with Crippen LogP contribution in [0.25, 0.3) is 0 Å². The lowest BCUT2D eigenvalue weighted by Crippen LogP contribution is -2.44. The van der Waals surface area contributed by atoms with E-state index in [4.69, 9.17) is 4.74 Å². The van der Waals surface area contributed by atoms with Gasteiger partial charge in [0.25, 0.3) is 0 Å². The minimum absolute atomic E-state index is 0.115. The second kappa shape index (κ2) is 4.27. The molecule has 0 aromatic heterocycles. The van der Waals surface area contributed by atoms with Gasteiger partial charge < -0.3 is 10.1 Å². The van der Waals surface area contributed by atoms with Crippen molar-refractivity contribution in [2.45, 2.75) is 44.8 Å². The first-order valence-corrected chi connectivity index (χ1v) is 7.68. The molecule has 2 aromatic carbocycles. The van der Waals surface area contributed by atoms with Gasteiger partial charge >= 0.3 is 0 Å². The molecule has 2 atom stereocenters. The fourth-order valence-corrected chi connectivity index (χ4v) is 3.81. The molecule has 0 amide bonds. The molecule has 0 radical (unpaired) electrons. The second-order valence-corrected chi connectivity index (χ2v) is 6.96. The number of benzene rings is 2. The Kier molecular flexibility index (Phi) is 2.59. The number of anilines is 1. The van der Waals surface area contributed by atoms with Crippen molar-refractivity contribution in [2.75, 3.05) is 5.32 Å². The van der Waals surface area contributed by atoms with Crippen molar-refractivity contribution in [1.29, 1.82) is 0 Å². The predicted molar refractivity (Wildman–Crippen MR) is 86.0 cm³/mol. The lowest BCUT2D eigenvalue weighted by atomic mass is 9.69. The highest BCUT2D eigenvalue weighted by molar-refractivity contribution is 5.61. The van der Waals surface area contributed by atoms with Crippen LogP contribution in [0.5, 0.6) is 5.75 Å². The van der Waals surface area contributed by atoms with Gasteiger partial charge in [0.2, 0.25) is 0 Å². The zero-order chi connectivity index (χ0) is 14.6. The van der Waals surface area contributed by atoms with Gasteiger partial charge in [0.05, 0.1) is 11.7 Å². The number of nitrogens with one attached hydrogen (secondary N) is 1. The van der Waals surface area contributed by atoms with E-state index in [9.17, 15) is 0 Å². The molecule has 2 heteroatoms. The van der Waals surface area contributed by atoms with Gasteiger partial charge in [-0.25, -0.2) is 0 Å². The summed E-state index contributed by atoms with van der Waals surface area (Å²) in [5, 5.41) is 3.71. The van der Waals surface area contributed by atoms with Gasteiger partial charge in [0.1, 0.15) is 11.9 Å². The van der Waals surface area contributed by atoms with Gasteiger partial charge in [-0.1, -0.05) is 44.2 Å². The topological polar surface area (TPSA) is 21.3 Å². The van der Waals surface area contributed by atoms with E-state index in [1.807, 2.05) is 0 Å². The van der Waals surface area contributed by atoms with E-state index >= 15 is 0 Å². The van der Waals surface area contributed by atoms with Crippen LogP contribution in [-0.4, -0.2) is 6.04 Å². The summed E-state index contributed by atoms with van der Waals surface area (Å²) in [4.78, 5) is 0. The standard InChI is InChI=1S/C19H21NO/c1-12-8-9-17-15(10-12)20-16-11-19(2,3)14-7-5-4-6-13(14)18(16)21-17/h4-10,16,18,20H,11H2,1-3H3. The van der Waals surface area contributed by atoms with E-state index in [1.165, 1.54) is 16.7 Å². The summed E-state index contributed by atoms with van der Waals surface area (Å²) in [6.45, 7) is 6.78. The zero-order valence-electron chi connectivity index (χ0n) is 12.8. The number of rotatable bonds is 0. The number of fused-ring (bicyclic) bond motifs is 4. The molecule has 0 bridgehead atoms. The third-order valence-corrected chi connectivity index (χ3v) is 4.82. The molecule has 2 aromatic rings. The summed E-state index contributed by atoms with van der Waals surface area (Å²) >= 11 is 0. The molecule has 1 aliphatic carbocycles. The summed E-state index contributed by atoms with van der Waals surface area (Å²) in [7, 11) is 0. The van der Waals surface area contributed by atoms with Crippen molar-refractivity contribution >= 4 is 5.69 Å². The van der Waals surface area contributed by atoms with E-state index in [0.29, 0.717) is 6.04 Å². The van der Waals surface area contributed by atoms with Gasteiger partial charge in [-0.2, -0.15) is 0 Å². The van der Waals surface area contributed by atoms with Crippen molar-refractivity contribution in [3.63, 3.8) is 0 Å². The first-order chi connectivity index (χ1) is 10.0. The molecule has 1 N–H and O–H groups in total. The minimum Gasteiger partial charge on any atom is -0.481 e. The quantitative estimate of drug-likeness (QED) is 0.761. The van der Waals surface area contributed by atoms with Crippen LogP contribution in [0.1, 0.15) is 43.1 Å². The summed E-state index contributed by atoms with van der Waals surface area (Å²) in [6, 6.07) is 15.4. The smallest absolute Gasteiger partial charge is 0.144 e. The highest BCUT2D eigenvalue weighted by atomic mass is 16.5. The van der Waals surface area contributed by atoms with Gasteiger partial charge in [-0.3, -0.25) is 0 Å². The molecule has 1 aliphatic heterocycles. The Labute approximate surface area is 126 Å². The monoisotopic (exact) mass is 279 g/mol. The van der Waals surface area contributed by atoms with Gasteiger partial charge in [0, 0.05) is 0 Å². The Hall–Kier alpha value is -1.96. The SMILES string of the molecule is Cc1ccc2c(c1)NC1CC(C)(C)c3ccccc3C1O2. The maximum atomic E-state index is 6.35. The molecule has 2 aliphatic rings. The van der Waals surface area contributed by atoms with E-state index in [2.05, 4.69) is 68.6 Å². The molecule has 4 rings (SSSR count). The van der Waals surface area contributed by atoms with Gasteiger partial charge in [-0.05, 0) is 47.6 Å². The lowest BCUT2D eigenvalue weighted by molar-refractivity contribution is 0.138. The highest BCUT2D eigenvalue weighted by Crippen LogP contribution is 2.48. The molecule has 1 heterocycles. The molecular formula is C19H21NO. The number of hydrogen-bond acceptors (Lipinski definition) is 2. The molecule has 2 unspecified atom stereocenters. The molecule has 0 saturated heterocycles. The number of hydrogen-bond donors (Lipinski definition) is 1. The van der Waals surface area contributed by atoms with Crippen LogP contribution < -0.4 is 10.1 Å². The molecule has 0 spiro atoms. The largest absolute Gasteiger partial charge is 0.481 e. The Bertz CT molecular complexity index is 704. The normalized spacial score (nSPS) is 24.9. The first kappa shape index (κ1) is 12.8. The van der Waals surface area contributed by atoms with Crippen LogP contribution in [0.3, 0.4) is 0 Å². The predicted octanol–water partition coefficient (Wildman–Crippen LogP) is 4.59. The maximum absolute atomic E-state index is 6.35. The zero-order valence-corrected chi connectivity index (χ0v) is 12.8. The Morgan fingerprint density at radius 3 is 2.81 bits per heavy atom. The van der Waals surface area contributed by atoms with E-state index in [1.54, 1.807) is 0 Å². The van der Waals surface area contributed by atoms with E-state index in [-0.39, 0.29) is 11.5 Å². The van der Waals surface area contributed by atoms with Crippen molar-refractivity contribution in [3.8, 4) is 5.75 Å². The molecule has 0 saturated carbocycles. The third-order valence-electron chi connectivity index (χ3n) is 4.82. The molecule has 0 fully saturated rings. The second-order valence-electron chi connectivity index (χ2n) is 6.96. The summed E-state index contributed by atoms with van der Waals surface area (Å²) in [5.74, 6) is 0.969. The minimum atomic E-state index is 0.115. The highest BCUT2D eigenvalue weighted by Gasteiger charge is 2.42. The summed E-state index contributed by atoms with van der Waals surface area (Å²) in [6.07, 6.45) is 1.20. The Morgan fingerprint density at radius 2 is 1.95 bits per heavy atom. The molecule has 108 valence electrons. The van der Waals surface area contributed by atoms with Crippen LogP contribution in [0, 0.1) is 6.92 Å². The maximum Gasteiger partial charge on any atom is 0.144 e. The Balaban J connectivity index is 1.82. The average molecular weight is 279 g/mol. The van der Waals surface area contributed by atoms with Crippen LogP contribution in [0.15, 0.2) is 42.5 Å². The molecular weight excluding hydrogens is 258 g/mol. The summed E-state index contributed by atoms with van der Waals surface area (Å²) in [5.41, 5.74) is 5.32. The summed E-state index contributed by atoms with van der Waals surface area (Å²) < 4.78 is 6.35. The van der Waals surface area contributed by atoms with Crippen LogP contribution >= 0.6 is 0 Å². The average Bonchev–Trinajstić information content (AvgIpc) is 2.45. The van der Waals surface area contributed by atoms with Crippen molar-refractivity contribution < 1.29 is 4.74 Å². The van der Waals surface area contributed by atoms with Crippen molar-refractivity contribution in [3.05, 3.63) is 59.2 Å². The number of aryl methyl sites for hydroxylation is 1. The molecule has 21 heavy (non-hydrogen) atoms. The van der Waals surface area contributed by atoms with Crippen LogP contribution in [0.4, 0.5) is 5.69 Å². The van der Waals surface area contributed by atoms with E-state index in [0.717, 1.165) is 17.9 Å². The molecule has 2 nitrogen and oxygen atoms in total.